The summed E-state index contributed by atoms with van der Waals surface area (Å²) in [6.07, 6.45) is 14.1. The molecule has 0 atom stereocenters. The lowest BCUT2D eigenvalue weighted by molar-refractivity contribution is 0.163. The van der Waals surface area contributed by atoms with E-state index in [1.807, 2.05) is 47.1 Å². The number of hydrogen-bond donors (Lipinski definition) is 0. The fraction of sp³-hybridized carbons (Fsp3) is 0.405. The van der Waals surface area contributed by atoms with Crippen molar-refractivity contribution in [2.45, 2.75) is 83.5 Å². The Morgan fingerprint density at radius 1 is 0.857 bits per heavy atom. The van der Waals surface area contributed by atoms with Crippen LogP contribution in [0.25, 0.3) is 21.8 Å². The van der Waals surface area contributed by atoms with Gasteiger partial charge in [-0.3, -0.25) is 4.98 Å². The van der Waals surface area contributed by atoms with E-state index in [-0.39, 0.29) is 16.2 Å². The standard InChI is InChI=1S/C37H39N5/c1-35(18-4-5-19-35)26-37(27-36(2)20-6-7-21-36,34-17-22-42(41-34)31-14-8-11-28(23-31)25-38)33-16-10-15-32(40-33)29-12-9-13-30(24-29)39-3/h8-17,22-24H,4-7,18-21,26-27H2,1-2H3. The third-order valence-electron chi connectivity index (χ3n) is 9.91. The van der Waals surface area contributed by atoms with Crippen LogP contribution in [0.15, 0.2) is 79.0 Å². The zero-order valence-electron chi connectivity index (χ0n) is 24.8. The number of aromatic nitrogens is 3. The van der Waals surface area contributed by atoms with Crippen LogP contribution < -0.4 is 0 Å². The van der Waals surface area contributed by atoms with Crippen molar-refractivity contribution >= 4 is 5.69 Å². The highest BCUT2D eigenvalue weighted by Crippen LogP contribution is 2.56. The number of benzene rings is 2. The maximum Gasteiger partial charge on any atom is 0.187 e. The van der Waals surface area contributed by atoms with Gasteiger partial charge in [-0.2, -0.15) is 10.4 Å². The first-order chi connectivity index (χ1) is 20.3. The Hall–Kier alpha value is -4.22. The number of nitrogens with zero attached hydrogens (tertiary/aromatic N) is 5. The van der Waals surface area contributed by atoms with Crippen LogP contribution in [0.5, 0.6) is 0 Å². The SMILES string of the molecule is [C-]#[N+]c1cccc(-c2cccc(C(CC3(C)CCCC3)(CC3(C)CCCC3)c3ccn(-c4cccc(C#N)c4)n3)n2)c1. The van der Waals surface area contributed by atoms with Crippen LogP contribution in [0.4, 0.5) is 5.69 Å². The van der Waals surface area contributed by atoms with Crippen molar-refractivity contribution in [2.75, 3.05) is 0 Å². The summed E-state index contributed by atoms with van der Waals surface area (Å²) in [7, 11) is 0. The highest BCUT2D eigenvalue weighted by atomic mass is 15.3. The fourth-order valence-corrected chi connectivity index (χ4v) is 7.86. The molecule has 212 valence electrons. The molecule has 5 heteroatoms. The lowest BCUT2D eigenvalue weighted by Crippen LogP contribution is -2.39. The van der Waals surface area contributed by atoms with Crippen LogP contribution in [0.1, 0.15) is 95.0 Å². The zero-order valence-corrected chi connectivity index (χ0v) is 24.8. The topological polar surface area (TPSA) is 58.9 Å². The first-order valence-electron chi connectivity index (χ1n) is 15.4. The summed E-state index contributed by atoms with van der Waals surface area (Å²) in [5.41, 5.74) is 6.20. The molecular weight excluding hydrogens is 514 g/mol. The van der Waals surface area contributed by atoms with Gasteiger partial charge in [0.25, 0.3) is 0 Å². The van der Waals surface area contributed by atoms with Crippen molar-refractivity contribution in [3.05, 3.63) is 107 Å². The Balaban J connectivity index is 1.54. The lowest BCUT2D eigenvalue weighted by atomic mass is 9.60. The zero-order chi connectivity index (χ0) is 29.2. The Morgan fingerprint density at radius 3 is 2.19 bits per heavy atom. The minimum absolute atomic E-state index is 0.209. The van der Waals surface area contributed by atoms with Crippen molar-refractivity contribution in [3.63, 3.8) is 0 Å². The van der Waals surface area contributed by atoms with Gasteiger partial charge >= 0.3 is 0 Å². The van der Waals surface area contributed by atoms with E-state index in [9.17, 15) is 5.26 Å². The average Bonchev–Trinajstić information content (AvgIpc) is 3.79. The van der Waals surface area contributed by atoms with Gasteiger partial charge in [-0.15, -0.1) is 0 Å². The summed E-state index contributed by atoms with van der Waals surface area (Å²) in [5, 5.41) is 14.8. The predicted octanol–water partition coefficient (Wildman–Crippen LogP) is 9.58. The van der Waals surface area contributed by atoms with Gasteiger partial charge in [0.15, 0.2) is 5.69 Å². The molecule has 2 aromatic carbocycles. The van der Waals surface area contributed by atoms with Crippen LogP contribution >= 0.6 is 0 Å². The van der Waals surface area contributed by atoms with Gasteiger partial charge in [-0.1, -0.05) is 69.9 Å². The number of nitriles is 1. The van der Waals surface area contributed by atoms with Gasteiger partial charge < -0.3 is 0 Å². The summed E-state index contributed by atoms with van der Waals surface area (Å²) >= 11 is 0. The van der Waals surface area contributed by atoms with E-state index in [1.54, 1.807) is 0 Å². The monoisotopic (exact) mass is 553 g/mol. The maximum atomic E-state index is 9.52. The second-order valence-corrected chi connectivity index (χ2v) is 13.3. The van der Waals surface area contributed by atoms with Crippen molar-refractivity contribution in [3.8, 4) is 23.0 Å². The fourth-order valence-electron chi connectivity index (χ4n) is 7.86. The number of pyridine rings is 1. The van der Waals surface area contributed by atoms with E-state index < -0.39 is 0 Å². The second-order valence-electron chi connectivity index (χ2n) is 13.3. The predicted molar refractivity (Wildman–Crippen MR) is 167 cm³/mol. The van der Waals surface area contributed by atoms with Crippen molar-refractivity contribution in [1.29, 1.82) is 5.26 Å². The van der Waals surface area contributed by atoms with Gasteiger partial charge in [0.1, 0.15) is 0 Å². The summed E-state index contributed by atoms with van der Waals surface area (Å²) < 4.78 is 1.93. The Bertz CT molecular complexity index is 1630. The third kappa shape index (κ3) is 5.49. The summed E-state index contributed by atoms with van der Waals surface area (Å²) in [4.78, 5) is 9.09. The van der Waals surface area contributed by atoms with E-state index >= 15 is 0 Å². The Kier molecular flexibility index (Phi) is 7.46. The Labute approximate surface area is 250 Å². The molecule has 0 N–H and O–H groups in total. The molecule has 0 unspecified atom stereocenters. The smallest absolute Gasteiger partial charge is 0.187 e. The molecule has 2 aliphatic carbocycles. The van der Waals surface area contributed by atoms with Gasteiger partial charge in [0.2, 0.25) is 0 Å². The normalized spacial score (nSPS) is 17.5. The second kappa shape index (κ2) is 11.2. The molecule has 0 spiro atoms. The summed E-state index contributed by atoms with van der Waals surface area (Å²) in [5.74, 6) is 0. The van der Waals surface area contributed by atoms with Gasteiger partial charge in [-0.25, -0.2) is 9.53 Å². The molecule has 42 heavy (non-hydrogen) atoms. The molecule has 2 aliphatic rings. The number of hydrogen-bond acceptors (Lipinski definition) is 3. The molecule has 6 rings (SSSR count). The number of rotatable bonds is 8. The molecule has 2 fully saturated rings. The largest absolute Gasteiger partial charge is 0.252 e. The van der Waals surface area contributed by atoms with Gasteiger partial charge in [0, 0.05) is 6.20 Å². The van der Waals surface area contributed by atoms with E-state index in [4.69, 9.17) is 16.7 Å². The average molecular weight is 554 g/mol. The molecule has 4 aromatic rings. The molecule has 2 saturated carbocycles. The molecule has 0 aliphatic heterocycles. The van der Waals surface area contributed by atoms with Crippen molar-refractivity contribution in [1.82, 2.24) is 14.8 Å². The molecule has 2 heterocycles. The highest BCUT2D eigenvalue weighted by Gasteiger charge is 2.49. The Morgan fingerprint density at radius 2 is 1.52 bits per heavy atom. The minimum atomic E-state index is -0.371. The van der Waals surface area contributed by atoms with E-state index in [0.29, 0.717) is 11.3 Å². The molecule has 5 nitrogen and oxygen atoms in total. The quantitative estimate of drug-likeness (QED) is 0.204. The van der Waals surface area contributed by atoms with Crippen molar-refractivity contribution < 1.29 is 0 Å². The maximum absolute atomic E-state index is 9.52. The highest BCUT2D eigenvalue weighted by molar-refractivity contribution is 5.65. The first kappa shape index (κ1) is 27.9. The van der Waals surface area contributed by atoms with E-state index in [1.165, 1.54) is 51.4 Å². The van der Waals surface area contributed by atoms with Crippen LogP contribution in [-0.4, -0.2) is 14.8 Å². The molecule has 0 amide bonds. The molecule has 0 radical (unpaired) electrons. The van der Waals surface area contributed by atoms with Gasteiger partial charge in [0.05, 0.1) is 46.4 Å². The lowest BCUT2D eigenvalue weighted by Gasteiger charge is -2.43. The summed E-state index contributed by atoms with van der Waals surface area (Å²) in [6.45, 7) is 12.5. The summed E-state index contributed by atoms with van der Waals surface area (Å²) in [6, 6.07) is 26.3. The van der Waals surface area contributed by atoms with Crippen LogP contribution in [-0.2, 0) is 5.41 Å². The molecule has 2 aromatic heterocycles. The van der Waals surface area contributed by atoms with Crippen LogP contribution in [0.3, 0.4) is 0 Å². The minimum Gasteiger partial charge on any atom is -0.252 e. The van der Waals surface area contributed by atoms with E-state index in [0.717, 1.165) is 41.2 Å². The van der Waals surface area contributed by atoms with Crippen LogP contribution in [0.2, 0.25) is 0 Å². The molecule has 0 bridgehead atoms. The molecule has 0 saturated heterocycles. The third-order valence-corrected chi connectivity index (χ3v) is 9.91. The van der Waals surface area contributed by atoms with Crippen LogP contribution in [0, 0.1) is 28.7 Å². The van der Waals surface area contributed by atoms with Gasteiger partial charge in [-0.05, 0) is 97.4 Å². The first-order valence-corrected chi connectivity index (χ1v) is 15.4. The van der Waals surface area contributed by atoms with Crippen molar-refractivity contribution in [2.24, 2.45) is 10.8 Å². The molecular formula is C37H39N5. The van der Waals surface area contributed by atoms with E-state index in [2.05, 4.69) is 61.3 Å².